The van der Waals surface area contributed by atoms with Gasteiger partial charge in [-0.3, -0.25) is 0 Å². The molecule has 0 spiro atoms. The Bertz CT molecular complexity index is 442. The number of halogens is 6. The van der Waals surface area contributed by atoms with Crippen LogP contribution >= 0.6 is 24.0 Å². The zero-order valence-electron chi connectivity index (χ0n) is 9.86. The largest absolute Gasteiger partial charge is 0.416 e. The van der Waals surface area contributed by atoms with E-state index in [9.17, 15) is 17.6 Å². The minimum atomic E-state index is -4.51. The van der Waals surface area contributed by atoms with Crippen LogP contribution in [0.1, 0.15) is 36.4 Å². The van der Waals surface area contributed by atoms with Gasteiger partial charge in [-0.05, 0) is 31.5 Å². The van der Waals surface area contributed by atoms with Gasteiger partial charge in [0.1, 0.15) is 5.82 Å². The Kier molecular flexibility index (Phi) is 5.47. The average Bonchev–Trinajstić information content (AvgIpc) is 2.32. The molecular formula is C12H13Cl2F4N. The van der Waals surface area contributed by atoms with Gasteiger partial charge in [-0.1, -0.05) is 18.0 Å². The van der Waals surface area contributed by atoms with E-state index in [0.29, 0.717) is 19.0 Å². The molecule has 0 radical (unpaired) electrons. The van der Waals surface area contributed by atoms with E-state index in [0.717, 1.165) is 18.9 Å². The van der Waals surface area contributed by atoms with Gasteiger partial charge in [-0.15, -0.1) is 12.4 Å². The molecule has 0 bridgehead atoms. The van der Waals surface area contributed by atoms with Crippen LogP contribution in [0.5, 0.6) is 0 Å². The molecule has 1 aromatic carbocycles. The lowest BCUT2D eigenvalue weighted by atomic mass is 9.95. The van der Waals surface area contributed by atoms with E-state index in [-0.39, 0.29) is 18.0 Å². The smallest absolute Gasteiger partial charge is 0.310 e. The van der Waals surface area contributed by atoms with Gasteiger partial charge in [0.05, 0.1) is 10.6 Å². The summed E-state index contributed by atoms with van der Waals surface area (Å²) < 4.78 is 51.8. The molecule has 0 aromatic heterocycles. The molecule has 1 N–H and O–H groups in total. The number of rotatable bonds is 1. The molecule has 1 aliphatic rings. The summed E-state index contributed by atoms with van der Waals surface area (Å²) in [6.07, 6.45) is -2.08. The predicted molar refractivity (Wildman–Crippen MR) is 68.3 cm³/mol. The summed E-state index contributed by atoms with van der Waals surface area (Å²) >= 11 is 5.54. The number of hydrogen-bond donors (Lipinski definition) is 1. The fraction of sp³-hybridized carbons (Fsp3) is 0.500. The quantitative estimate of drug-likeness (QED) is 0.738. The molecule has 1 atom stereocenters. The molecule has 0 amide bonds. The second kappa shape index (κ2) is 6.29. The molecule has 1 aromatic rings. The molecule has 108 valence electrons. The molecular weight excluding hydrogens is 305 g/mol. The Labute approximate surface area is 119 Å². The Hall–Kier alpha value is -0.520. The summed E-state index contributed by atoms with van der Waals surface area (Å²) in [4.78, 5) is 0. The van der Waals surface area contributed by atoms with Crippen molar-refractivity contribution in [3.63, 3.8) is 0 Å². The zero-order chi connectivity index (χ0) is 13.3. The van der Waals surface area contributed by atoms with Gasteiger partial charge in [-0.25, -0.2) is 4.39 Å². The van der Waals surface area contributed by atoms with Crippen LogP contribution in [0, 0.1) is 5.82 Å². The molecule has 0 saturated carbocycles. The van der Waals surface area contributed by atoms with Crippen LogP contribution in [0.15, 0.2) is 12.1 Å². The fourth-order valence-corrected chi connectivity index (χ4v) is 2.37. The van der Waals surface area contributed by atoms with Crippen LogP contribution < -0.4 is 5.32 Å². The summed E-state index contributed by atoms with van der Waals surface area (Å²) in [7, 11) is 0. The molecule has 1 heterocycles. The van der Waals surface area contributed by atoms with Crippen molar-refractivity contribution in [2.24, 2.45) is 0 Å². The highest BCUT2D eigenvalue weighted by Gasteiger charge is 2.33. The highest BCUT2D eigenvalue weighted by molar-refractivity contribution is 6.30. The normalized spacial score (nSPS) is 19.9. The van der Waals surface area contributed by atoms with Crippen LogP contribution in [0.4, 0.5) is 17.6 Å². The highest BCUT2D eigenvalue weighted by atomic mass is 35.5. The minimum Gasteiger partial charge on any atom is -0.310 e. The number of nitrogens with one attached hydrogen (secondary N) is 1. The lowest BCUT2D eigenvalue weighted by Crippen LogP contribution is -2.28. The summed E-state index contributed by atoms with van der Waals surface area (Å²) in [5, 5.41) is 2.54. The van der Waals surface area contributed by atoms with Crippen molar-refractivity contribution in [3.8, 4) is 0 Å². The van der Waals surface area contributed by atoms with Gasteiger partial charge >= 0.3 is 6.18 Å². The number of hydrogen-bond acceptors (Lipinski definition) is 1. The van der Waals surface area contributed by atoms with E-state index in [2.05, 4.69) is 5.32 Å². The Morgan fingerprint density at radius 2 is 1.89 bits per heavy atom. The molecule has 1 fully saturated rings. The summed E-state index contributed by atoms with van der Waals surface area (Å²) in [6, 6.07) is 1.09. The highest BCUT2D eigenvalue weighted by Crippen LogP contribution is 2.36. The number of alkyl halides is 3. The summed E-state index contributed by atoms with van der Waals surface area (Å²) in [5.74, 6) is -0.760. The van der Waals surface area contributed by atoms with Crippen molar-refractivity contribution in [3.05, 3.63) is 34.1 Å². The number of benzene rings is 1. The van der Waals surface area contributed by atoms with E-state index in [1.54, 1.807) is 0 Å². The van der Waals surface area contributed by atoms with Crippen molar-refractivity contribution in [1.82, 2.24) is 5.32 Å². The van der Waals surface area contributed by atoms with Crippen molar-refractivity contribution < 1.29 is 17.6 Å². The zero-order valence-corrected chi connectivity index (χ0v) is 11.4. The van der Waals surface area contributed by atoms with Crippen LogP contribution in [0.25, 0.3) is 0 Å². The van der Waals surface area contributed by atoms with E-state index >= 15 is 0 Å². The van der Waals surface area contributed by atoms with Gasteiger partial charge in [-0.2, -0.15) is 13.2 Å². The first-order valence-corrected chi connectivity index (χ1v) is 6.07. The Balaban J connectivity index is 0.00000180. The van der Waals surface area contributed by atoms with Crippen LogP contribution in [-0.2, 0) is 6.18 Å². The second-order valence-electron chi connectivity index (χ2n) is 4.36. The van der Waals surface area contributed by atoms with Crippen LogP contribution in [0.2, 0.25) is 5.02 Å². The molecule has 1 saturated heterocycles. The lowest BCUT2D eigenvalue weighted by Gasteiger charge is -2.25. The Morgan fingerprint density at radius 1 is 1.21 bits per heavy atom. The molecule has 19 heavy (non-hydrogen) atoms. The molecule has 0 aliphatic carbocycles. The first-order chi connectivity index (χ1) is 8.39. The van der Waals surface area contributed by atoms with Gasteiger partial charge in [0.15, 0.2) is 0 Å². The number of piperidine rings is 1. The molecule has 7 heteroatoms. The van der Waals surface area contributed by atoms with Crippen LogP contribution in [-0.4, -0.2) is 6.54 Å². The van der Waals surface area contributed by atoms with Crippen molar-refractivity contribution >= 4 is 24.0 Å². The first-order valence-electron chi connectivity index (χ1n) is 5.69. The maximum absolute atomic E-state index is 13.8. The van der Waals surface area contributed by atoms with E-state index < -0.39 is 28.6 Å². The molecule has 1 nitrogen and oxygen atoms in total. The van der Waals surface area contributed by atoms with Gasteiger partial charge in [0, 0.05) is 11.6 Å². The first kappa shape index (κ1) is 16.5. The maximum Gasteiger partial charge on any atom is 0.416 e. The molecule has 1 aliphatic heterocycles. The summed E-state index contributed by atoms with van der Waals surface area (Å²) in [6.45, 7) is 0.679. The fourth-order valence-electron chi connectivity index (χ4n) is 2.14. The predicted octanol–water partition coefficient (Wildman–Crippen LogP) is 4.73. The Morgan fingerprint density at radius 3 is 2.42 bits per heavy atom. The van der Waals surface area contributed by atoms with E-state index in [4.69, 9.17) is 11.6 Å². The van der Waals surface area contributed by atoms with Crippen molar-refractivity contribution in [2.45, 2.75) is 31.5 Å². The monoisotopic (exact) mass is 317 g/mol. The van der Waals surface area contributed by atoms with Gasteiger partial charge < -0.3 is 5.32 Å². The average molecular weight is 318 g/mol. The van der Waals surface area contributed by atoms with Gasteiger partial charge in [0.2, 0.25) is 0 Å². The molecule has 0 unspecified atom stereocenters. The van der Waals surface area contributed by atoms with E-state index in [1.807, 2.05) is 0 Å². The SMILES string of the molecule is Cl.Fc1c(Cl)cc(C(F)(F)F)cc1[C@H]1CCCCN1. The minimum absolute atomic E-state index is 0. The third-order valence-electron chi connectivity index (χ3n) is 3.07. The van der Waals surface area contributed by atoms with Crippen molar-refractivity contribution in [1.29, 1.82) is 0 Å². The third kappa shape index (κ3) is 3.74. The summed E-state index contributed by atoms with van der Waals surface area (Å²) in [5.41, 5.74) is -0.897. The maximum atomic E-state index is 13.8. The van der Waals surface area contributed by atoms with Gasteiger partial charge in [0.25, 0.3) is 0 Å². The van der Waals surface area contributed by atoms with Crippen molar-refractivity contribution in [2.75, 3.05) is 6.54 Å². The second-order valence-corrected chi connectivity index (χ2v) is 4.77. The topological polar surface area (TPSA) is 12.0 Å². The van der Waals surface area contributed by atoms with E-state index in [1.165, 1.54) is 0 Å². The molecule has 2 rings (SSSR count). The lowest BCUT2D eigenvalue weighted by molar-refractivity contribution is -0.137. The standard InChI is InChI=1S/C12H12ClF4N.ClH/c13-9-6-7(12(15,16)17)5-8(11(9)14)10-3-1-2-4-18-10;/h5-6,10,18H,1-4H2;1H/t10-;/m1./s1. The van der Waals surface area contributed by atoms with Crippen LogP contribution in [0.3, 0.4) is 0 Å². The third-order valence-corrected chi connectivity index (χ3v) is 3.34.